The number of aryl methyl sites for hydroxylation is 1. The lowest BCUT2D eigenvalue weighted by Crippen LogP contribution is -2.33. The van der Waals surface area contributed by atoms with Gasteiger partial charge in [0.25, 0.3) is 5.91 Å². The van der Waals surface area contributed by atoms with E-state index in [0.29, 0.717) is 18.7 Å². The van der Waals surface area contributed by atoms with Gasteiger partial charge in [0.15, 0.2) is 6.61 Å². The van der Waals surface area contributed by atoms with Crippen LogP contribution in [0.1, 0.15) is 12.0 Å². The Balaban J connectivity index is 1.84. The zero-order chi connectivity index (χ0) is 13.8. The van der Waals surface area contributed by atoms with Crippen LogP contribution in [0.5, 0.6) is 5.75 Å². The topological polar surface area (TPSA) is 66.8 Å². The van der Waals surface area contributed by atoms with E-state index < -0.39 is 11.9 Å². The highest BCUT2D eigenvalue weighted by Gasteiger charge is 2.30. The summed E-state index contributed by atoms with van der Waals surface area (Å²) in [5, 5.41) is 8.88. The average molecular weight is 263 g/mol. The Morgan fingerprint density at radius 3 is 2.89 bits per heavy atom. The van der Waals surface area contributed by atoms with Gasteiger partial charge in [-0.3, -0.25) is 9.59 Å². The summed E-state index contributed by atoms with van der Waals surface area (Å²) in [6.07, 6.45) is 0.519. The van der Waals surface area contributed by atoms with Gasteiger partial charge in [0, 0.05) is 13.1 Å². The largest absolute Gasteiger partial charge is 0.484 e. The summed E-state index contributed by atoms with van der Waals surface area (Å²) < 4.78 is 5.42. The predicted octanol–water partition coefficient (Wildman–Crippen LogP) is 1.31. The van der Waals surface area contributed by atoms with E-state index in [1.807, 2.05) is 25.1 Å². The molecule has 1 unspecified atom stereocenters. The van der Waals surface area contributed by atoms with Crippen molar-refractivity contribution in [3.8, 4) is 5.75 Å². The molecule has 1 aromatic rings. The molecule has 2 rings (SSSR count). The van der Waals surface area contributed by atoms with Gasteiger partial charge in [-0.1, -0.05) is 12.1 Å². The Kier molecular flexibility index (Phi) is 4.04. The SMILES string of the molecule is Cc1cccc(OCC(=O)N2CCC(C(=O)O)C2)c1. The number of carboxylic acids is 1. The monoisotopic (exact) mass is 263 g/mol. The van der Waals surface area contributed by atoms with Gasteiger partial charge in [-0.25, -0.2) is 0 Å². The maximum atomic E-state index is 11.9. The van der Waals surface area contributed by atoms with Crippen LogP contribution in [0.25, 0.3) is 0 Å². The smallest absolute Gasteiger partial charge is 0.308 e. The molecule has 1 heterocycles. The number of hydrogen-bond donors (Lipinski definition) is 1. The van der Waals surface area contributed by atoms with Gasteiger partial charge in [-0.15, -0.1) is 0 Å². The zero-order valence-electron chi connectivity index (χ0n) is 10.8. The molecule has 1 fully saturated rings. The number of nitrogens with zero attached hydrogens (tertiary/aromatic N) is 1. The first-order valence-electron chi connectivity index (χ1n) is 6.26. The molecule has 1 aliphatic rings. The van der Waals surface area contributed by atoms with Gasteiger partial charge in [-0.05, 0) is 31.0 Å². The lowest BCUT2D eigenvalue weighted by Gasteiger charge is -2.16. The number of carbonyl (C=O) groups is 2. The molecule has 0 spiro atoms. The normalized spacial score (nSPS) is 18.4. The molecule has 1 atom stereocenters. The first-order chi connectivity index (χ1) is 9.06. The molecule has 0 aromatic heterocycles. The van der Waals surface area contributed by atoms with E-state index in [9.17, 15) is 9.59 Å². The minimum Gasteiger partial charge on any atom is -0.484 e. The highest BCUT2D eigenvalue weighted by atomic mass is 16.5. The van der Waals surface area contributed by atoms with Gasteiger partial charge in [-0.2, -0.15) is 0 Å². The van der Waals surface area contributed by atoms with Gasteiger partial charge >= 0.3 is 5.97 Å². The number of likely N-dealkylation sites (tertiary alicyclic amines) is 1. The predicted molar refractivity (Wildman–Crippen MR) is 69.0 cm³/mol. The maximum Gasteiger partial charge on any atom is 0.308 e. The van der Waals surface area contributed by atoms with Crippen LogP contribution in [0.2, 0.25) is 0 Å². The van der Waals surface area contributed by atoms with Crippen LogP contribution in [0, 0.1) is 12.8 Å². The van der Waals surface area contributed by atoms with Crippen molar-refractivity contribution in [2.45, 2.75) is 13.3 Å². The fraction of sp³-hybridized carbons (Fsp3) is 0.429. The number of hydrogen-bond acceptors (Lipinski definition) is 3. The third-order valence-electron chi connectivity index (χ3n) is 3.24. The van der Waals surface area contributed by atoms with Crippen LogP contribution in [0.3, 0.4) is 0 Å². The Morgan fingerprint density at radius 1 is 1.47 bits per heavy atom. The maximum absolute atomic E-state index is 11.9. The van der Waals surface area contributed by atoms with Crippen molar-refractivity contribution in [1.29, 1.82) is 0 Å². The van der Waals surface area contributed by atoms with E-state index >= 15 is 0 Å². The lowest BCUT2D eigenvalue weighted by atomic mass is 10.1. The molecular formula is C14H17NO4. The van der Waals surface area contributed by atoms with Crippen molar-refractivity contribution in [2.24, 2.45) is 5.92 Å². The Bertz CT molecular complexity index is 486. The fourth-order valence-electron chi connectivity index (χ4n) is 2.13. The standard InChI is InChI=1S/C14H17NO4/c1-10-3-2-4-12(7-10)19-9-13(16)15-6-5-11(8-15)14(17)18/h2-4,7,11H,5-6,8-9H2,1H3,(H,17,18). The fourth-order valence-corrected chi connectivity index (χ4v) is 2.13. The van der Waals surface area contributed by atoms with Crippen molar-refractivity contribution < 1.29 is 19.4 Å². The summed E-state index contributed by atoms with van der Waals surface area (Å²) in [4.78, 5) is 24.2. The molecule has 1 aromatic carbocycles. The van der Waals surface area contributed by atoms with Crippen molar-refractivity contribution in [3.63, 3.8) is 0 Å². The molecule has 5 heteroatoms. The van der Waals surface area contributed by atoms with Gasteiger partial charge in [0.2, 0.25) is 0 Å². The highest BCUT2D eigenvalue weighted by Crippen LogP contribution is 2.17. The van der Waals surface area contributed by atoms with Crippen molar-refractivity contribution in [3.05, 3.63) is 29.8 Å². The lowest BCUT2D eigenvalue weighted by molar-refractivity contribution is -0.141. The molecule has 0 saturated carbocycles. The Labute approximate surface area is 111 Å². The van der Waals surface area contributed by atoms with E-state index in [-0.39, 0.29) is 19.1 Å². The minimum atomic E-state index is -0.838. The van der Waals surface area contributed by atoms with Crippen LogP contribution < -0.4 is 4.74 Å². The number of ether oxygens (including phenoxy) is 1. The average Bonchev–Trinajstić information content (AvgIpc) is 2.86. The molecule has 5 nitrogen and oxygen atoms in total. The second kappa shape index (κ2) is 5.73. The summed E-state index contributed by atoms with van der Waals surface area (Å²) in [5.41, 5.74) is 1.07. The van der Waals surface area contributed by atoms with Crippen molar-refractivity contribution in [2.75, 3.05) is 19.7 Å². The molecule has 0 bridgehead atoms. The molecule has 0 aliphatic carbocycles. The third-order valence-corrected chi connectivity index (χ3v) is 3.24. The van der Waals surface area contributed by atoms with Gasteiger partial charge in [0.05, 0.1) is 5.92 Å². The molecular weight excluding hydrogens is 246 g/mol. The molecule has 1 amide bonds. The summed E-state index contributed by atoms with van der Waals surface area (Å²) in [6.45, 7) is 2.68. The third kappa shape index (κ3) is 3.47. The first-order valence-corrected chi connectivity index (χ1v) is 6.26. The number of amides is 1. The van der Waals surface area contributed by atoms with Crippen LogP contribution in [0.15, 0.2) is 24.3 Å². The van der Waals surface area contributed by atoms with E-state index in [1.54, 1.807) is 11.0 Å². The highest BCUT2D eigenvalue weighted by molar-refractivity contribution is 5.80. The van der Waals surface area contributed by atoms with E-state index in [4.69, 9.17) is 9.84 Å². The van der Waals surface area contributed by atoms with Crippen LogP contribution in [-0.2, 0) is 9.59 Å². The number of benzene rings is 1. The van der Waals surface area contributed by atoms with Crippen LogP contribution >= 0.6 is 0 Å². The summed E-state index contributed by atoms with van der Waals surface area (Å²) >= 11 is 0. The quantitative estimate of drug-likeness (QED) is 0.889. The van der Waals surface area contributed by atoms with Crippen molar-refractivity contribution >= 4 is 11.9 Å². The minimum absolute atomic E-state index is 0.0458. The molecule has 0 radical (unpaired) electrons. The van der Waals surface area contributed by atoms with E-state index in [0.717, 1.165) is 5.56 Å². The molecule has 102 valence electrons. The molecule has 1 saturated heterocycles. The van der Waals surface area contributed by atoms with E-state index in [2.05, 4.69) is 0 Å². The first kappa shape index (κ1) is 13.4. The summed E-state index contributed by atoms with van der Waals surface area (Å²) in [5.74, 6) is -0.787. The molecule has 1 aliphatic heterocycles. The van der Waals surface area contributed by atoms with Crippen LogP contribution in [-0.4, -0.2) is 41.6 Å². The summed E-state index contributed by atoms with van der Waals surface area (Å²) in [6, 6.07) is 7.47. The Hall–Kier alpha value is -2.04. The molecule has 1 N–H and O–H groups in total. The number of carbonyl (C=O) groups excluding carboxylic acids is 1. The second-order valence-electron chi connectivity index (χ2n) is 4.77. The number of aliphatic carboxylic acids is 1. The number of carboxylic acid groups (broad SMARTS) is 1. The molecule has 19 heavy (non-hydrogen) atoms. The van der Waals surface area contributed by atoms with Gasteiger partial charge in [0.1, 0.15) is 5.75 Å². The number of rotatable bonds is 4. The van der Waals surface area contributed by atoms with E-state index in [1.165, 1.54) is 0 Å². The second-order valence-corrected chi connectivity index (χ2v) is 4.77. The zero-order valence-corrected chi connectivity index (χ0v) is 10.8. The van der Waals surface area contributed by atoms with Crippen molar-refractivity contribution in [1.82, 2.24) is 4.90 Å². The van der Waals surface area contributed by atoms with Gasteiger partial charge < -0.3 is 14.7 Å². The van der Waals surface area contributed by atoms with Crippen LogP contribution in [0.4, 0.5) is 0 Å². The Morgan fingerprint density at radius 2 is 2.26 bits per heavy atom. The summed E-state index contributed by atoms with van der Waals surface area (Å²) in [7, 11) is 0.